The van der Waals surface area contributed by atoms with E-state index < -0.39 is 0 Å². The molecule has 0 amide bonds. The second-order valence-electron chi connectivity index (χ2n) is 6.73. The van der Waals surface area contributed by atoms with Gasteiger partial charge in [0, 0.05) is 31.2 Å². The lowest BCUT2D eigenvalue weighted by atomic mass is 10.1. The number of hydrogen-bond acceptors (Lipinski definition) is 3. The molecule has 0 spiro atoms. The summed E-state index contributed by atoms with van der Waals surface area (Å²) in [5.41, 5.74) is 0.265. The molecule has 0 aromatic rings. The van der Waals surface area contributed by atoms with Crippen LogP contribution in [0.3, 0.4) is 0 Å². The predicted octanol–water partition coefficient (Wildman–Crippen LogP) is 2.18. The summed E-state index contributed by atoms with van der Waals surface area (Å²) in [6, 6.07) is 0.770. The van der Waals surface area contributed by atoms with Crippen molar-refractivity contribution >= 4 is 0 Å². The number of hydrogen-bond donors (Lipinski definition) is 1. The quantitative estimate of drug-likeness (QED) is 0.734. The molecule has 1 heterocycles. The first-order valence-electron chi connectivity index (χ1n) is 7.60. The summed E-state index contributed by atoms with van der Waals surface area (Å²) < 4.78 is 0. The van der Waals surface area contributed by atoms with Gasteiger partial charge in [-0.05, 0) is 60.2 Å². The molecule has 0 saturated carbocycles. The largest absolute Gasteiger partial charge is 0.312 e. The van der Waals surface area contributed by atoms with E-state index in [4.69, 9.17) is 0 Å². The Kier molecular flexibility index (Phi) is 6.61. The van der Waals surface area contributed by atoms with Gasteiger partial charge in [-0.3, -0.25) is 0 Å². The van der Waals surface area contributed by atoms with Crippen LogP contribution in [0, 0.1) is 0 Å². The van der Waals surface area contributed by atoms with Gasteiger partial charge in [-0.15, -0.1) is 0 Å². The highest BCUT2D eigenvalue weighted by molar-refractivity contribution is 4.79. The zero-order valence-electron chi connectivity index (χ0n) is 13.1. The molecule has 18 heavy (non-hydrogen) atoms. The Morgan fingerprint density at radius 2 is 1.89 bits per heavy atom. The molecule has 1 aliphatic rings. The van der Waals surface area contributed by atoms with Crippen molar-refractivity contribution in [3.8, 4) is 0 Å². The highest BCUT2D eigenvalue weighted by Gasteiger charge is 2.22. The summed E-state index contributed by atoms with van der Waals surface area (Å²) >= 11 is 0. The SMILES string of the molecule is CCC1CN(CCCCNC(C)(C)C)CCN1C. The summed E-state index contributed by atoms with van der Waals surface area (Å²) in [6.07, 6.45) is 3.89. The monoisotopic (exact) mass is 255 g/mol. The fourth-order valence-electron chi connectivity index (χ4n) is 2.58. The van der Waals surface area contributed by atoms with Crippen LogP contribution in [0.1, 0.15) is 47.0 Å². The number of rotatable bonds is 6. The number of nitrogens with zero attached hydrogens (tertiary/aromatic N) is 2. The van der Waals surface area contributed by atoms with E-state index in [-0.39, 0.29) is 5.54 Å². The summed E-state index contributed by atoms with van der Waals surface area (Å²) in [5.74, 6) is 0. The highest BCUT2D eigenvalue weighted by atomic mass is 15.3. The topological polar surface area (TPSA) is 18.5 Å². The molecule has 1 fully saturated rings. The van der Waals surface area contributed by atoms with Crippen molar-refractivity contribution in [3.05, 3.63) is 0 Å². The number of piperazine rings is 1. The molecule has 1 rings (SSSR count). The molecule has 1 aliphatic heterocycles. The van der Waals surface area contributed by atoms with Crippen molar-refractivity contribution in [1.29, 1.82) is 0 Å². The van der Waals surface area contributed by atoms with Crippen LogP contribution in [0.15, 0.2) is 0 Å². The van der Waals surface area contributed by atoms with E-state index in [1.807, 2.05) is 0 Å². The minimum atomic E-state index is 0.265. The van der Waals surface area contributed by atoms with Crippen LogP contribution in [0.5, 0.6) is 0 Å². The third-order valence-electron chi connectivity index (χ3n) is 3.89. The molecule has 3 nitrogen and oxygen atoms in total. The van der Waals surface area contributed by atoms with Crippen LogP contribution in [-0.2, 0) is 0 Å². The first-order chi connectivity index (χ1) is 8.42. The van der Waals surface area contributed by atoms with E-state index in [2.05, 4.69) is 49.9 Å². The Bertz CT molecular complexity index is 222. The van der Waals surface area contributed by atoms with E-state index in [9.17, 15) is 0 Å². The normalized spacial score (nSPS) is 23.5. The summed E-state index contributed by atoms with van der Waals surface area (Å²) in [6.45, 7) is 15.2. The lowest BCUT2D eigenvalue weighted by Gasteiger charge is -2.39. The minimum Gasteiger partial charge on any atom is -0.312 e. The molecule has 3 heteroatoms. The van der Waals surface area contributed by atoms with Gasteiger partial charge < -0.3 is 15.1 Å². The number of unbranched alkanes of at least 4 members (excludes halogenated alkanes) is 1. The Hall–Kier alpha value is -0.120. The van der Waals surface area contributed by atoms with Crippen molar-refractivity contribution in [2.24, 2.45) is 0 Å². The fraction of sp³-hybridized carbons (Fsp3) is 1.00. The molecule has 0 radical (unpaired) electrons. The van der Waals surface area contributed by atoms with Gasteiger partial charge >= 0.3 is 0 Å². The summed E-state index contributed by atoms with van der Waals surface area (Å²) in [5, 5.41) is 3.56. The lowest BCUT2D eigenvalue weighted by Crippen LogP contribution is -2.51. The van der Waals surface area contributed by atoms with Gasteiger partial charge in [0.2, 0.25) is 0 Å². The van der Waals surface area contributed by atoms with E-state index in [0.717, 1.165) is 12.6 Å². The average molecular weight is 255 g/mol. The van der Waals surface area contributed by atoms with E-state index in [1.54, 1.807) is 0 Å². The molecule has 0 aromatic carbocycles. The average Bonchev–Trinajstić information content (AvgIpc) is 2.29. The lowest BCUT2D eigenvalue weighted by molar-refractivity contribution is 0.0920. The van der Waals surface area contributed by atoms with Gasteiger partial charge in [-0.2, -0.15) is 0 Å². The van der Waals surface area contributed by atoms with Gasteiger partial charge in [0.05, 0.1) is 0 Å². The maximum atomic E-state index is 3.56. The molecular weight excluding hydrogens is 222 g/mol. The second-order valence-corrected chi connectivity index (χ2v) is 6.73. The van der Waals surface area contributed by atoms with Crippen molar-refractivity contribution in [2.45, 2.75) is 58.5 Å². The Labute approximate surface area is 114 Å². The van der Waals surface area contributed by atoms with E-state index in [0.29, 0.717) is 0 Å². The van der Waals surface area contributed by atoms with E-state index >= 15 is 0 Å². The van der Waals surface area contributed by atoms with Gasteiger partial charge in [-0.25, -0.2) is 0 Å². The first kappa shape index (κ1) is 15.9. The van der Waals surface area contributed by atoms with Gasteiger partial charge in [-0.1, -0.05) is 6.92 Å². The van der Waals surface area contributed by atoms with Gasteiger partial charge in [0.25, 0.3) is 0 Å². The second kappa shape index (κ2) is 7.46. The van der Waals surface area contributed by atoms with Crippen LogP contribution >= 0.6 is 0 Å². The van der Waals surface area contributed by atoms with Crippen LogP contribution in [0.4, 0.5) is 0 Å². The zero-order chi connectivity index (χ0) is 13.6. The van der Waals surface area contributed by atoms with E-state index in [1.165, 1.54) is 45.4 Å². The third kappa shape index (κ3) is 6.17. The van der Waals surface area contributed by atoms with Crippen LogP contribution < -0.4 is 5.32 Å². The third-order valence-corrected chi connectivity index (χ3v) is 3.89. The summed E-state index contributed by atoms with van der Waals surface area (Å²) in [4.78, 5) is 5.16. The Morgan fingerprint density at radius 3 is 2.50 bits per heavy atom. The standard InChI is InChI=1S/C15H33N3/c1-6-14-13-18(12-11-17(14)5)10-8-7-9-16-15(2,3)4/h14,16H,6-13H2,1-5H3. The Balaban J connectivity index is 2.09. The van der Waals surface area contributed by atoms with Crippen LogP contribution in [0.25, 0.3) is 0 Å². The van der Waals surface area contributed by atoms with Crippen LogP contribution in [-0.4, -0.2) is 61.2 Å². The van der Waals surface area contributed by atoms with Crippen LogP contribution in [0.2, 0.25) is 0 Å². The maximum Gasteiger partial charge on any atom is 0.0218 e. The summed E-state index contributed by atoms with van der Waals surface area (Å²) in [7, 11) is 2.26. The molecule has 1 unspecified atom stereocenters. The highest BCUT2D eigenvalue weighted by Crippen LogP contribution is 2.11. The molecule has 0 bridgehead atoms. The molecule has 0 aromatic heterocycles. The van der Waals surface area contributed by atoms with Gasteiger partial charge in [0.15, 0.2) is 0 Å². The molecular formula is C15H33N3. The number of likely N-dealkylation sites (N-methyl/N-ethyl adjacent to an activating group) is 1. The fourth-order valence-corrected chi connectivity index (χ4v) is 2.58. The molecule has 108 valence electrons. The zero-order valence-corrected chi connectivity index (χ0v) is 13.1. The predicted molar refractivity (Wildman–Crippen MR) is 80.1 cm³/mol. The molecule has 0 aliphatic carbocycles. The molecule has 1 atom stereocenters. The number of nitrogens with one attached hydrogen (secondary N) is 1. The van der Waals surface area contributed by atoms with Crippen molar-refractivity contribution in [2.75, 3.05) is 39.8 Å². The van der Waals surface area contributed by atoms with Crippen molar-refractivity contribution < 1.29 is 0 Å². The Morgan fingerprint density at radius 1 is 1.17 bits per heavy atom. The maximum absolute atomic E-state index is 3.56. The first-order valence-corrected chi connectivity index (χ1v) is 7.60. The van der Waals surface area contributed by atoms with Crippen molar-refractivity contribution in [3.63, 3.8) is 0 Å². The molecule has 1 saturated heterocycles. The smallest absolute Gasteiger partial charge is 0.0218 e. The minimum absolute atomic E-state index is 0.265. The molecule has 1 N–H and O–H groups in total. The van der Waals surface area contributed by atoms with Crippen molar-refractivity contribution in [1.82, 2.24) is 15.1 Å². The van der Waals surface area contributed by atoms with Gasteiger partial charge in [0.1, 0.15) is 0 Å².